The van der Waals surface area contributed by atoms with Crippen molar-refractivity contribution in [2.75, 3.05) is 39.3 Å². The molecule has 1 aliphatic heterocycles. The van der Waals surface area contributed by atoms with Crippen LogP contribution in [0.5, 0.6) is 0 Å². The summed E-state index contributed by atoms with van der Waals surface area (Å²) < 4.78 is 0. The van der Waals surface area contributed by atoms with Gasteiger partial charge in [-0.25, -0.2) is 0 Å². The molecule has 6 N–H and O–H groups in total. The molecule has 4 atom stereocenters. The zero-order valence-electron chi connectivity index (χ0n) is 22.6. The molecule has 1 aromatic rings. The fourth-order valence-electron chi connectivity index (χ4n) is 4.31. The molecule has 14 nitrogen and oxygen atoms in total. The van der Waals surface area contributed by atoms with E-state index in [0.29, 0.717) is 11.4 Å². The van der Waals surface area contributed by atoms with E-state index >= 15 is 0 Å². The summed E-state index contributed by atoms with van der Waals surface area (Å²) in [5, 5.41) is 50.1. The second-order valence-corrected chi connectivity index (χ2v) is 9.66. The number of aliphatic carboxylic acids is 3. The van der Waals surface area contributed by atoms with Gasteiger partial charge >= 0.3 is 57.8 Å². The van der Waals surface area contributed by atoms with Gasteiger partial charge < -0.3 is 30.8 Å². The van der Waals surface area contributed by atoms with Crippen LogP contribution in [0.4, 0.5) is 0 Å². The smallest absolute Gasteiger partial charge is 0.480 e. The first-order valence-corrected chi connectivity index (χ1v) is 12.8. The number of carboxylic acids is 3. The van der Waals surface area contributed by atoms with Crippen LogP contribution in [0.25, 0.3) is 0 Å². The molecule has 1 unspecified atom stereocenters. The Morgan fingerprint density at radius 3 is 1.77 bits per heavy atom. The van der Waals surface area contributed by atoms with Gasteiger partial charge in [-0.15, -0.1) is 0 Å². The SMILES string of the molecule is C[C@H](C(=O)O)N1CCN([C@H](CCC(=O)NCC(O)CO)C(=O)O)CCN([C@H](C)C(=O)O)Cc2cccc(n2)C1.[Gd+3]. The Kier molecular flexibility index (Phi) is 16.2. The van der Waals surface area contributed by atoms with Crippen LogP contribution in [0.1, 0.15) is 38.1 Å². The minimum atomic E-state index is -1.17. The average molecular weight is 711 g/mol. The van der Waals surface area contributed by atoms with Gasteiger partial charge in [0.2, 0.25) is 5.91 Å². The minimum Gasteiger partial charge on any atom is -0.480 e. The minimum absolute atomic E-state index is 0. The van der Waals surface area contributed by atoms with E-state index < -0.39 is 54.7 Å². The van der Waals surface area contributed by atoms with Crippen molar-refractivity contribution < 1.29 is 84.7 Å². The molecule has 0 saturated carbocycles. The van der Waals surface area contributed by atoms with Gasteiger partial charge in [0.15, 0.2) is 0 Å². The van der Waals surface area contributed by atoms with Gasteiger partial charge in [-0.3, -0.25) is 38.9 Å². The van der Waals surface area contributed by atoms with E-state index in [-0.39, 0.29) is 98.6 Å². The Balaban J connectivity index is 0.00000800. The molecule has 15 heteroatoms. The maximum atomic E-state index is 12.3. The van der Waals surface area contributed by atoms with Crippen molar-refractivity contribution in [2.24, 2.45) is 0 Å². The fraction of sp³-hybridized carbons (Fsp3) is 0.640. The van der Waals surface area contributed by atoms with Gasteiger partial charge in [0.05, 0.1) is 24.1 Å². The molecule has 0 aliphatic carbocycles. The van der Waals surface area contributed by atoms with Crippen molar-refractivity contribution in [2.45, 2.75) is 64.0 Å². The number of carboxylic acid groups (broad SMARTS) is 3. The zero-order chi connectivity index (χ0) is 29.1. The Labute approximate surface area is 265 Å². The Hall–Kier alpha value is -1.85. The second kappa shape index (κ2) is 17.9. The summed E-state index contributed by atoms with van der Waals surface area (Å²) in [6.45, 7) is 3.43. The van der Waals surface area contributed by atoms with E-state index in [1.54, 1.807) is 46.7 Å². The number of hydrogen-bond acceptors (Lipinski definition) is 10. The molecule has 1 aliphatic rings. The summed E-state index contributed by atoms with van der Waals surface area (Å²) in [6, 6.07) is 2.43. The number of aliphatic hydroxyl groups is 2. The van der Waals surface area contributed by atoms with Crippen LogP contribution in [0, 0.1) is 39.9 Å². The van der Waals surface area contributed by atoms with Gasteiger partial charge in [-0.1, -0.05) is 6.07 Å². The summed E-state index contributed by atoms with van der Waals surface area (Å²) in [7, 11) is 0. The summed E-state index contributed by atoms with van der Waals surface area (Å²) in [4.78, 5) is 57.7. The Bertz CT molecular complexity index is 952. The van der Waals surface area contributed by atoms with E-state index in [1.807, 2.05) is 0 Å². The monoisotopic (exact) mass is 711 g/mol. The topological polar surface area (TPSA) is 204 Å². The molecule has 0 fully saturated rings. The van der Waals surface area contributed by atoms with Crippen LogP contribution in [-0.2, 0) is 32.3 Å². The van der Waals surface area contributed by atoms with Crippen LogP contribution in [-0.4, -0.2) is 133 Å². The molecule has 2 heterocycles. The molecule has 0 aromatic carbocycles. The van der Waals surface area contributed by atoms with Crippen molar-refractivity contribution in [3.63, 3.8) is 0 Å². The Morgan fingerprint density at radius 2 is 1.35 bits per heavy atom. The summed E-state index contributed by atoms with van der Waals surface area (Å²) in [5.74, 6) is -3.74. The van der Waals surface area contributed by atoms with Crippen molar-refractivity contribution in [3.8, 4) is 0 Å². The predicted octanol–water partition coefficient (Wildman–Crippen LogP) is -1.35. The van der Waals surface area contributed by atoms with Gasteiger partial charge in [0.25, 0.3) is 0 Å². The summed E-state index contributed by atoms with van der Waals surface area (Å²) >= 11 is 0. The maximum Gasteiger partial charge on any atom is 3.00 e. The van der Waals surface area contributed by atoms with Gasteiger partial charge in [0, 0.05) is 52.2 Å². The number of aromatic nitrogens is 1. The standard InChI is InChI=1S/C25H39N5O9.Gd/c1-16(23(34)35)29-10-8-28(21(25(38)39)6-7-22(33)26-12-20(32)15-31)9-11-30(17(2)24(36)37)14-19-5-3-4-18(13-29)27-19;/h3-5,16-17,20-21,31-32H,6-15H2,1-2H3,(H,26,33)(H,34,35)(H,36,37)(H,38,39);/q;+3/t16-,17-,20?,21-;/m1./s1. The van der Waals surface area contributed by atoms with Crippen molar-refractivity contribution in [1.82, 2.24) is 25.0 Å². The zero-order valence-corrected chi connectivity index (χ0v) is 24.9. The molecule has 0 saturated heterocycles. The molecule has 2 bridgehead atoms. The molecule has 40 heavy (non-hydrogen) atoms. The van der Waals surface area contributed by atoms with E-state index in [2.05, 4.69) is 10.3 Å². The molecule has 223 valence electrons. The number of aliphatic hydroxyl groups excluding tert-OH is 2. The van der Waals surface area contributed by atoms with Crippen molar-refractivity contribution in [3.05, 3.63) is 29.6 Å². The molecule has 1 aromatic heterocycles. The number of hydrogen-bond donors (Lipinski definition) is 6. The maximum absolute atomic E-state index is 12.3. The van der Waals surface area contributed by atoms with Gasteiger partial charge in [0.1, 0.15) is 18.1 Å². The third-order valence-electron chi connectivity index (χ3n) is 6.87. The van der Waals surface area contributed by atoms with Crippen LogP contribution >= 0.6 is 0 Å². The first-order valence-electron chi connectivity index (χ1n) is 12.8. The molecular formula is C25H39GdN5O9+3. The van der Waals surface area contributed by atoms with Crippen LogP contribution < -0.4 is 5.32 Å². The van der Waals surface area contributed by atoms with Crippen LogP contribution in [0.15, 0.2) is 18.2 Å². The number of carbonyl (C=O) groups excluding carboxylic acids is 1. The number of fused-ring (bicyclic) bond motifs is 2. The first-order chi connectivity index (χ1) is 18.4. The molecular weight excluding hydrogens is 672 g/mol. The third-order valence-corrected chi connectivity index (χ3v) is 6.87. The number of nitrogens with zero attached hydrogens (tertiary/aromatic N) is 4. The number of carbonyl (C=O) groups is 4. The fourth-order valence-corrected chi connectivity index (χ4v) is 4.31. The third kappa shape index (κ3) is 11.6. The number of nitrogens with one attached hydrogen (secondary N) is 1. The average Bonchev–Trinajstić information content (AvgIpc) is 2.89. The molecule has 0 spiro atoms. The van der Waals surface area contributed by atoms with E-state index in [1.165, 1.54) is 0 Å². The van der Waals surface area contributed by atoms with Crippen molar-refractivity contribution >= 4 is 23.8 Å². The number of pyridine rings is 1. The first kappa shape index (κ1) is 36.2. The molecule has 2 rings (SSSR count). The summed E-state index contributed by atoms with van der Waals surface area (Å²) in [6.07, 6.45) is -1.36. The van der Waals surface area contributed by atoms with Gasteiger partial charge in [-0.2, -0.15) is 0 Å². The van der Waals surface area contributed by atoms with E-state index in [0.717, 1.165) is 0 Å². The molecule has 1 radical (unpaired) electrons. The van der Waals surface area contributed by atoms with Crippen LogP contribution in [0.3, 0.4) is 0 Å². The predicted molar refractivity (Wildman–Crippen MR) is 138 cm³/mol. The second-order valence-electron chi connectivity index (χ2n) is 9.66. The quantitative estimate of drug-likeness (QED) is 0.149. The van der Waals surface area contributed by atoms with Crippen molar-refractivity contribution in [1.29, 1.82) is 0 Å². The van der Waals surface area contributed by atoms with Crippen LogP contribution in [0.2, 0.25) is 0 Å². The number of rotatable bonds is 12. The summed E-state index contributed by atoms with van der Waals surface area (Å²) in [5.41, 5.74) is 1.21. The number of amides is 1. The van der Waals surface area contributed by atoms with Gasteiger partial charge in [-0.05, 0) is 32.4 Å². The largest absolute Gasteiger partial charge is 3.00 e. The van der Waals surface area contributed by atoms with E-state index in [9.17, 15) is 39.6 Å². The van der Waals surface area contributed by atoms with E-state index in [4.69, 9.17) is 5.11 Å². The Morgan fingerprint density at radius 1 is 0.875 bits per heavy atom. The molecule has 1 amide bonds. The normalized spacial score (nSPS) is 18.6.